The fraction of sp³-hybridized carbons (Fsp3) is 0.357. The topological polar surface area (TPSA) is 29.9 Å². The van der Waals surface area contributed by atoms with Crippen molar-refractivity contribution in [3.05, 3.63) is 42.0 Å². The summed E-state index contributed by atoms with van der Waals surface area (Å²) in [6.07, 6.45) is 4.67. The molecule has 3 nitrogen and oxygen atoms in total. The number of aryl methyl sites for hydroxylation is 1. The maximum absolute atomic E-state index is 13.4. The molecule has 2 rings (SSSR count). The van der Waals surface area contributed by atoms with E-state index in [-0.39, 0.29) is 5.82 Å². The lowest BCUT2D eigenvalue weighted by molar-refractivity contribution is 0.624. The summed E-state index contributed by atoms with van der Waals surface area (Å²) in [5.74, 6) is 0.565. The molecule has 0 radical (unpaired) electrons. The highest BCUT2D eigenvalue weighted by atomic mass is 19.1. The van der Waals surface area contributed by atoms with E-state index in [4.69, 9.17) is 0 Å². The molecule has 0 saturated heterocycles. The Morgan fingerprint density at radius 1 is 1.39 bits per heavy atom. The lowest BCUT2D eigenvalue weighted by Crippen LogP contribution is -2.15. The summed E-state index contributed by atoms with van der Waals surface area (Å²) in [7, 11) is 1.91. The van der Waals surface area contributed by atoms with Gasteiger partial charge in [-0.2, -0.15) is 0 Å². The third-order valence-corrected chi connectivity index (χ3v) is 2.88. The van der Waals surface area contributed by atoms with E-state index in [1.165, 1.54) is 6.07 Å². The number of benzene rings is 1. The monoisotopic (exact) mass is 247 g/mol. The van der Waals surface area contributed by atoms with Gasteiger partial charge < -0.3 is 9.88 Å². The third kappa shape index (κ3) is 2.76. The largest absolute Gasteiger partial charge is 0.334 e. The molecule has 0 amide bonds. The van der Waals surface area contributed by atoms with Gasteiger partial charge in [-0.1, -0.05) is 13.0 Å². The average Bonchev–Trinajstić information content (AvgIpc) is 2.77. The number of hydrogen-bond donors (Lipinski definition) is 1. The Bertz CT molecular complexity index is 520. The Hall–Kier alpha value is -1.68. The van der Waals surface area contributed by atoms with Gasteiger partial charge in [0.1, 0.15) is 11.6 Å². The Labute approximate surface area is 107 Å². The van der Waals surface area contributed by atoms with Gasteiger partial charge in [0.25, 0.3) is 0 Å². The van der Waals surface area contributed by atoms with Gasteiger partial charge in [0.2, 0.25) is 0 Å². The van der Waals surface area contributed by atoms with Gasteiger partial charge in [-0.15, -0.1) is 0 Å². The molecule has 0 aliphatic rings. The first-order chi connectivity index (χ1) is 8.72. The number of hydrogen-bond acceptors (Lipinski definition) is 2. The summed E-state index contributed by atoms with van der Waals surface area (Å²) in [5.41, 5.74) is 1.92. The zero-order valence-corrected chi connectivity index (χ0v) is 10.8. The normalized spacial score (nSPS) is 10.8. The lowest BCUT2D eigenvalue weighted by Gasteiger charge is -2.10. The van der Waals surface area contributed by atoms with E-state index >= 15 is 0 Å². The van der Waals surface area contributed by atoms with Crippen LogP contribution in [0.3, 0.4) is 0 Å². The number of halogens is 1. The average molecular weight is 247 g/mol. The van der Waals surface area contributed by atoms with Gasteiger partial charge in [-0.25, -0.2) is 9.37 Å². The highest BCUT2D eigenvalue weighted by molar-refractivity contribution is 5.60. The molecule has 96 valence electrons. The molecular weight excluding hydrogens is 229 g/mol. The standard InChI is InChI=1S/C14H18FN3/c1-3-6-16-10-11-4-5-12(15)9-13(11)14-17-7-8-18(14)2/h4-5,7-9,16H,3,6,10H2,1-2H3. The number of nitrogens with one attached hydrogen (secondary N) is 1. The maximum Gasteiger partial charge on any atom is 0.140 e. The summed E-state index contributed by atoms with van der Waals surface area (Å²) in [4.78, 5) is 4.28. The number of imidazole rings is 1. The molecule has 1 aromatic heterocycles. The molecule has 0 unspecified atom stereocenters. The molecule has 18 heavy (non-hydrogen) atoms. The zero-order valence-electron chi connectivity index (χ0n) is 10.8. The first kappa shape index (κ1) is 12.8. The van der Waals surface area contributed by atoms with Crippen LogP contribution in [0.15, 0.2) is 30.6 Å². The highest BCUT2D eigenvalue weighted by Crippen LogP contribution is 2.22. The van der Waals surface area contributed by atoms with Crippen LogP contribution in [0.4, 0.5) is 4.39 Å². The number of rotatable bonds is 5. The molecule has 0 fully saturated rings. The maximum atomic E-state index is 13.4. The Morgan fingerprint density at radius 2 is 2.22 bits per heavy atom. The van der Waals surface area contributed by atoms with Crippen LogP contribution in [-0.4, -0.2) is 16.1 Å². The van der Waals surface area contributed by atoms with E-state index in [2.05, 4.69) is 17.2 Å². The molecule has 0 aliphatic carbocycles. The Morgan fingerprint density at radius 3 is 2.89 bits per heavy atom. The fourth-order valence-corrected chi connectivity index (χ4v) is 1.94. The van der Waals surface area contributed by atoms with E-state index in [0.717, 1.165) is 36.5 Å². The minimum absolute atomic E-state index is 0.229. The van der Waals surface area contributed by atoms with Gasteiger partial charge in [0.05, 0.1) is 0 Å². The van der Waals surface area contributed by atoms with Gasteiger partial charge in [0.15, 0.2) is 0 Å². The lowest BCUT2D eigenvalue weighted by atomic mass is 10.1. The van der Waals surface area contributed by atoms with Gasteiger partial charge in [-0.3, -0.25) is 0 Å². The van der Waals surface area contributed by atoms with Crippen LogP contribution < -0.4 is 5.32 Å². The summed E-state index contributed by atoms with van der Waals surface area (Å²) in [5, 5.41) is 3.33. The van der Waals surface area contributed by atoms with Gasteiger partial charge >= 0.3 is 0 Å². The second kappa shape index (κ2) is 5.78. The van der Waals surface area contributed by atoms with Crippen LogP contribution in [0.2, 0.25) is 0 Å². The SMILES string of the molecule is CCCNCc1ccc(F)cc1-c1nccn1C. The van der Waals surface area contributed by atoms with Crippen LogP contribution in [0.5, 0.6) is 0 Å². The van der Waals surface area contributed by atoms with Crippen molar-refractivity contribution >= 4 is 0 Å². The first-order valence-electron chi connectivity index (χ1n) is 6.19. The number of nitrogens with zero attached hydrogens (tertiary/aromatic N) is 2. The predicted octanol–water partition coefficient (Wildman–Crippen LogP) is 2.73. The molecule has 0 bridgehead atoms. The van der Waals surface area contributed by atoms with Crippen LogP contribution in [0.1, 0.15) is 18.9 Å². The minimum Gasteiger partial charge on any atom is -0.334 e. The van der Waals surface area contributed by atoms with Crippen molar-refractivity contribution in [3.63, 3.8) is 0 Å². The molecule has 2 aromatic rings. The van der Waals surface area contributed by atoms with Crippen LogP contribution in [0.25, 0.3) is 11.4 Å². The van der Waals surface area contributed by atoms with E-state index in [1.807, 2.05) is 23.9 Å². The Kier molecular flexibility index (Phi) is 4.10. The quantitative estimate of drug-likeness (QED) is 0.823. The van der Waals surface area contributed by atoms with Crippen LogP contribution in [0, 0.1) is 5.82 Å². The fourth-order valence-electron chi connectivity index (χ4n) is 1.94. The van der Waals surface area contributed by atoms with E-state index in [1.54, 1.807) is 12.3 Å². The summed E-state index contributed by atoms with van der Waals surface area (Å²) < 4.78 is 15.3. The second-order valence-electron chi connectivity index (χ2n) is 4.34. The van der Waals surface area contributed by atoms with Crippen molar-refractivity contribution in [2.45, 2.75) is 19.9 Å². The van der Waals surface area contributed by atoms with Crippen LogP contribution >= 0.6 is 0 Å². The molecule has 1 N–H and O–H groups in total. The van der Waals surface area contributed by atoms with Crippen molar-refractivity contribution in [1.82, 2.24) is 14.9 Å². The molecular formula is C14H18FN3. The molecule has 0 spiro atoms. The Balaban J connectivity index is 2.32. The zero-order chi connectivity index (χ0) is 13.0. The van der Waals surface area contributed by atoms with Crippen molar-refractivity contribution < 1.29 is 4.39 Å². The van der Waals surface area contributed by atoms with Gasteiger partial charge in [0, 0.05) is 31.5 Å². The molecule has 4 heteroatoms. The van der Waals surface area contributed by atoms with E-state index in [0.29, 0.717) is 0 Å². The first-order valence-corrected chi connectivity index (χ1v) is 6.19. The smallest absolute Gasteiger partial charge is 0.140 e. The summed E-state index contributed by atoms with van der Waals surface area (Å²) in [6, 6.07) is 4.86. The molecule has 0 atom stereocenters. The minimum atomic E-state index is -0.229. The van der Waals surface area contributed by atoms with Crippen molar-refractivity contribution in [2.24, 2.45) is 7.05 Å². The predicted molar refractivity (Wildman–Crippen MR) is 70.6 cm³/mol. The highest BCUT2D eigenvalue weighted by Gasteiger charge is 2.10. The van der Waals surface area contributed by atoms with E-state index < -0.39 is 0 Å². The molecule has 1 aromatic carbocycles. The second-order valence-corrected chi connectivity index (χ2v) is 4.34. The number of aromatic nitrogens is 2. The van der Waals surface area contributed by atoms with Crippen molar-refractivity contribution in [3.8, 4) is 11.4 Å². The van der Waals surface area contributed by atoms with Crippen molar-refractivity contribution in [2.75, 3.05) is 6.54 Å². The van der Waals surface area contributed by atoms with Crippen LogP contribution in [-0.2, 0) is 13.6 Å². The van der Waals surface area contributed by atoms with E-state index in [9.17, 15) is 4.39 Å². The summed E-state index contributed by atoms with van der Waals surface area (Å²) >= 11 is 0. The summed E-state index contributed by atoms with van der Waals surface area (Å²) in [6.45, 7) is 3.81. The molecule has 1 heterocycles. The van der Waals surface area contributed by atoms with Gasteiger partial charge in [-0.05, 0) is 30.7 Å². The molecule has 0 saturated carbocycles. The molecule has 0 aliphatic heterocycles. The van der Waals surface area contributed by atoms with Crippen molar-refractivity contribution in [1.29, 1.82) is 0 Å². The third-order valence-electron chi connectivity index (χ3n) is 2.88.